The number of carbonyl (C=O) groups excluding carboxylic acids is 3. The van der Waals surface area contributed by atoms with Crippen molar-refractivity contribution >= 4 is 29.2 Å². The topological polar surface area (TPSA) is 73.0 Å². The molecule has 146 valence electrons. The van der Waals surface area contributed by atoms with E-state index in [0.29, 0.717) is 6.42 Å². The Morgan fingerprint density at radius 3 is 2.41 bits per heavy atom. The second kappa shape index (κ2) is 8.41. The maximum absolute atomic E-state index is 12.1. The second-order valence-electron chi connectivity index (χ2n) is 7.55. The summed E-state index contributed by atoms with van der Waals surface area (Å²) in [6.07, 6.45) is 3.17. The van der Waals surface area contributed by atoms with Crippen LogP contribution in [0.1, 0.15) is 32.6 Å². The first-order chi connectivity index (χ1) is 12.9. The molecule has 4 amide bonds. The maximum atomic E-state index is 12.1. The molecule has 0 aliphatic carbocycles. The van der Waals surface area contributed by atoms with E-state index in [-0.39, 0.29) is 37.4 Å². The Morgan fingerprint density at radius 2 is 1.81 bits per heavy atom. The van der Waals surface area contributed by atoms with Crippen molar-refractivity contribution in [1.29, 1.82) is 0 Å². The maximum Gasteiger partial charge on any atom is 0.326 e. The van der Waals surface area contributed by atoms with Crippen molar-refractivity contribution in [3.05, 3.63) is 24.3 Å². The fourth-order valence-corrected chi connectivity index (χ4v) is 3.53. The third-order valence-electron chi connectivity index (χ3n) is 5.32. The molecule has 1 N–H and O–H groups in total. The van der Waals surface area contributed by atoms with E-state index in [9.17, 15) is 14.4 Å². The highest BCUT2D eigenvalue weighted by Gasteiger charge is 2.32. The summed E-state index contributed by atoms with van der Waals surface area (Å²) in [6, 6.07) is 7.65. The molecule has 2 aliphatic heterocycles. The summed E-state index contributed by atoms with van der Waals surface area (Å²) in [5.74, 6) is 0.485. The van der Waals surface area contributed by atoms with E-state index >= 15 is 0 Å². The number of rotatable bonds is 6. The summed E-state index contributed by atoms with van der Waals surface area (Å²) < 4.78 is 0. The molecule has 2 fully saturated rings. The van der Waals surface area contributed by atoms with E-state index in [1.165, 1.54) is 28.3 Å². The van der Waals surface area contributed by atoms with Gasteiger partial charge < -0.3 is 15.1 Å². The molecule has 3 rings (SSSR count). The Bertz CT molecular complexity index is 696. The van der Waals surface area contributed by atoms with Gasteiger partial charge in [0, 0.05) is 44.5 Å². The van der Waals surface area contributed by atoms with Crippen LogP contribution in [0.3, 0.4) is 0 Å². The Hall–Kier alpha value is -2.57. The van der Waals surface area contributed by atoms with E-state index in [1.54, 1.807) is 7.05 Å². The molecular weight excluding hydrogens is 344 g/mol. The highest BCUT2D eigenvalue weighted by molar-refractivity contribution is 6.01. The molecule has 0 spiro atoms. The van der Waals surface area contributed by atoms with Gasteiger partial charge in [-0.05, 0) is 49.4 Å². The summed E-state index contributed by atoms with van der Waals surface area (Å²) >= 11 is 0. The van der Waals surface area contributed by atoms with Crippen molar-refractivity contribution in [1.82, 2.24) is 9.80 Å². The molecule has 2 aliphatic rings. The number of piperidine rings is 1. The van der Waals surface area contributed by atoms with Gasteiger partial charge in [0.05, 0.1) is 0 Å². The van der Waals surface area contributed by atoms with Crippen molar-refractivity contribution in [3.63, 3.8) is 0 Å². The number of nitrogens with zero attached hydrogens (tertiary/aromatic N) is 3. The molecule has 1 aromatic carbocycles. The summed E-state index contributed by atoms with van der Waals surface area (Å²) in [4.78, 5) is 40.6. The minimum atomic E-state index is -0.289. The Balaban J connectivity index is 1.43. The van der Waals surface area contributed by atoms with Gasteiger partial charge in [-0.3, -0.25) is 14.5 Å². The third-order valence-corrected chi connectivity index (χ3v) is 5.32. The number of urea groups is 1. The normalized spacial score (nSPS) is 18.4. The van der Waals surface area contributed by atoms with E-state index in [0.717, 1.165) is 24.7 Å². The lowest BCUT2D eigenvalue weighted by Crippen LogP contribution is -2.33. The zero-order valence-corrected chi connectivity index (χ0v) is 16.1. The lowest BCUT2D eigenvalue weighted by Gasteiger charge is -2.32. The number of amides is 4. The highest BCUT2D eigenvalue weighted by atomic mass is 16.2. The quantitative estimate of drug-likeness (QED) is 0.779. The minimum absolute atomic E-state index is 0.109. The number of carbonyl (C=O) groups is 3. The van der Waals surface area contributed by atoms with E-state index in [1.807, 2.05) is 24.3 Å². The molecule has 2 saturated heterocycles. The van der Waals surface area contributed by atoms with Gasteiger partial charge in [0.2, 0.25) is 11.8 Å². The first kappa shape index (κ1) is 19.2. The third kappa shape index (κ3) is 4.78. The zero-order chi connectivity index (χ0) is 19.4. The molecular formula is C20H28N4O3. The molecule has 1 aromatic rings. The van der Waals surface area contributed by atoms with Crippen molar-refractivity contribution in [2.45, 2.75) is 32.6 Å². The van der Waals surface area contributed by atoms with Crippen LogP contribution < -0.4 is 10.2 Å². The Kier molecular flexibility index (Phi) is 5.98. The molecule has 0 atom stereocenters. The van der Waals surface area contributed by atoms with Gasteiger partial charge in [0.15, 0.2) is 0 Å². The average molecular weight is 372 g/mol. The van der Waals surface area contributed by atoms with Gasteiger partial charge in [0.25, 0.3) is 0 Å². The predicted molar refractivity (Wildman–Crippen MR) is 105 cm³/mol. The lowest BCUT2D eigenvalue weighted by atomic mass is 9.99. The van der Waals surface area contributed by atoms with Crippen LogP contribution in [0.4, 0.5) is 16.2 Å². The van der Waals surface area contributed by atoms with Crippen LogP contribution in [0.25, 0.3) is 0 Å². The largest absolute Gasteiger partial charge is 0.372 e. The van der Waals surface area contributed by atoms with Gasteiger partial charge in [0.1, 0.15) is 6.54 Å². The molecule has 0 unspecified atom stereocenters. The van der Waals surface area contributed by atoms with Crippen LogP contribution >= 0.6 is 0 Å². The minimum Gasteiger partial charge on any atom is -0.372 e. The highest BCUT2D eigenvalue weighted by Crippen LogP contribution is 2.24. The molecule has 0 radical (unpaired) electrons. The van der Waals surface area contributed by atoms with Gasteiger partial charge in [-0.15, -0.1) is 0 Å². The van der Waals surface area contributed by atoms with Crippen LogP contribution in [0.15, 0.2) is 24.3 Å². The van der Waals surface area contributed by atoms with Crippen molar-refractivity contribution in [2.75, 3.05) is 43.4 Å². The lowest BCUT2D eigenvalue weighted by molar-refractivity contribution is -0.125. The molecule has 27 heavy (non-hydrogen) atoms. The van der Waals surface area contributed by atoms with Gasteiger partial charge >= 0.3 is 6.03 Å². The standard InChI is InChI=1S/C20H28N4O3/c1-15-9-12-23(13-10-15)17-7-5-16(6-8-17)21-18(25)4-3-11-24-19(26)14-22(2)20(24)27/h5-8,15H,3-4,9-14H2,1-2H3,(H,21,25). The zero-order valence-electron chi connectivity index (χ0n) is 16.1. The first-order valence-electron chi connectivity index (χ1n) is 9.64. The van der Waals surface area contributed by atoms with Gasteiger partial charge in [-0.1, -0.05) is 6.92 Å². The Morgan fingerprint density at radius 1 is 1.15 bits per heavy atom. The second-order valence-corrected chi connectivity index (χ2v) is 7.55. The number of hydrogen-bond donors (Lipinski definition) is 1. The van der Waals surface area contributed by atoms with Crippen LogP contribution in [-0.4, -0.2) is 60.9 Å². The number of anilines is 2. The monoisotopic (exact) mass is 372 g/mol. The van der Waals surface area contributed by atoms with Gasteiger partial charge in [-0.2, -0.15) is 0 Å². The molecule has 0 aromatic heterocycles. The fraction of sp³-hybridized carbons (Fsp3) is 0.550. The van der Waals surface area contributed by atoms with E-state index in [4.69, 9.17) is 0 Å². The van der Waals surface area contributed by atoms with Crippen molar-refractivity contribution in [3.8, 4) is 0 Å². The summed E-state index contributed by atoms with van der Waals surface area (Å²) in [5.41, 5.74) is 1.96. The van der Waals surface area contributed by atoms with Crippen LogP contribution in [-0.2, 0) is 9.59 Å². The smallest absolute Gasteiger partial charge is 0.326 e. The molecule has 2 heterocycles. The number of benzene rings is 1. The molecule has 7 heteroatoms. The summed E-state index contributed by atoms with van der Waals surface area (Å²) in [6.45, 7) is 4.85. The molecule has 7 nitrogen and oxygen atoms in total. The van der Waals surface area contributed by atoms with Crippen molar-refractivity contribution < 1.29 is 14.4 Å². The van der Waals surface area contributed by atoms with Crippen LogP contribution in [0, 0.1) is 5.92 Å². The Labute approximate surface area is 160 Å². The van der Waals surface area contributed by atoms with Crippen molar-refractivity contribution in [2.24, 2.45) is 5.92 Å². The predicted octanol–water partition coefficient (Wildman–Crippen LogP) is 2.54. The van der Waals surface area contributed by atoms with E-state index in [2.05, 4.69) is 17.1 Å². The average Bonchev–Trinajstić information content (AvgIpc) is 2.89. The molecule has 0 bridgehead atoms. The van der Waals surface area contributed by atoms with Crippen LogP contribution in [0.2, 0.25) is 0 Å². The SMILES string of the molecule is CC1CCN(c2ccc(NC(=O)CCCN3C(=O)CN(C)C3=O)cc2)CC1. The number of hydrogen-bond acceptors (Lipinski definition) is 4. The fourth-order valence-electron chi connectivity index (χ4n) is 3.53. The number of likely N-dealkylation sites (N-methyl/N-ethyl adjacent to an activating group) is 1. The first-order valence-corrected chi connectivity index (χ1v) is 9.64. The van der Waals surface area contributed by atoms with Gasteiger partial charge in [-0.25, -0.2) is 4.79 Å². The summed E-state index contributed by atoms with van der Waals surface area (Å²) in [5, 5.41) is 2.88. The van der Waals surface area contributed by atoms with E-state index < -0.39 is 0 Å². The summed E-state index contributed by atoms with van der Waals surface area (Å²) in [7, 11) is 1.60. The number of nitrogens with one attached hydrogen (secondary N) is 1. The number of imide groups is 1. The van der Waals surface area contributed by atoms with Crippen LogP contribution in [0.5, 0.6) is 0 Å². The molecule has 0 saturated carbocycles.